The SMILES string of the molecule is CCOC(=O)C(Cc1cccc(F)c1Br)(C(=O)O)C(C)C. The van der Waals surface area contributed by atoms with Crippen molar-refractivity contribution in [3.05, 3.63) is 34.1 Å². The van der Waals surface area contributed by atoms with Gasteiger partial charge in [-0.1, -0.05) is 26.0 Å². The van der Waals surface area contributed by atoms with Crippen molar-refractivity contribution in [1.82, 2.24) is 0 Å². The highest BCUT2D eigenvalue weighted by Gasteiger charge is 2.50. The maximum absolute atomic E-state index is 13.6. The van der Waals surface area contributed by atoms with Crippen LogP contribution in [-0.2, 0) is 20.7 Å². The lowest BCUT2D eigenvalue weighted by Gasteiger charge is -2.31. The Morgan fingerprint density at radius 1 is 1.43 bits per heavy atom. The number of benzene rings is 1. The zero-order valence-corrected chi connectivity index (χ0v) is 13.7. The van der Waals surface area contributed by atoms with E-state index in [-0.39, 0.29) is 17.5 Å². The second-order valence-corrected chi connectivity index (χ2v) is 5.83. The summed E-state index contributed by atoms with van der Waals surface area (Å²) in [5, 5.41) is 9.60. The Hall–Kier alpha value is -1.43. The Morgan fingerprint density at radius 2 is 2.05 bits per heavy atom. The number of carbonyl (C=O) groups is 2. The smallest absolute Gasteiger partial charge is 0.324 e. The second-order valence-electron chi connectivity index (χ2n) is 5.04. The van der Waals surface area contributed by atoms with E-state index in [2.05, 4.69) is 15.9 Å². The van der Waals surface area contributed by atoms with Crippen LogP contribution < -0.4 is 0 Å². The summed E-state index contributed by atoms with van der Waals surface area (Å²) in [7, 11) is 0. The first-order chi connectivity index (χ1) is 9.77. The normalized spacial score (nSPS) is 13.8. The monoisotopic (exact) mass is 360 g/mol. The molecule has 0 radical (unpaired) electrons. The van der Waals surface area contributed by atoms with E-state index in [4.69, 9.17) is 4.74 Å². The Labute approximate surface area is 131 Å². The summed E-state index contributed by atoms with van der Waals surface area (Å²) < 4.78 is 18.7. The molecular weight excluding hydrogens is 343 g/mol. The lowest BCUT2D eigenvalue weighted by Crippen LogP contribution is -2.47. The molecule has 21 heavy (non-hydrogen) atoms. The lowest BCUT2D eigenvalue weighted by molar-refractivity contribution is -0.172. The molecule has 0 saturated carbocycles. The van der Waals surface area contributed by atoms with E-state index in [1.165, 1.54) is 12.1 Å². The van der Waals surface area contributed by atoms with Crippen molar-refractivity contribution in [3.63, 3.8) is 0 Å². The molecule has 0 saturated heterocycles. The molecule has 1 atom stereocenters. The molecule has 0 bridgehead atoms. The number of hydrogen-bond donors (Lipinski definition) is 1. The predicted molar refractivity (Wildman–Crippen MR) is 79.3 cm³/mol. The van der Waals surface area contributed by atoms with Crippen LogP contribution in [0.2, 0.25) is 0 Å². The van der Waals surface area contributed by atoms with Crippen molar-refractivity contribution >= 4 is 27.9 Å². The van der Waals surface area contributed by atoms with Gasteiger partial charge in [-0.3, -0.25) is 9.59 Å². The van der Waals surface area contributed by atoms with Crippen LogP contribution in [0.25, 0.3) is 0 Å². The number of aliphatic carboxylic acids is 1. The quantitative estimate of drug-likeness (QED) is 0.623. The van der Waals surface area contributed by atoms with Crippen LogP contribution in [0.4, 0.5) is 4.39 Å². The number of hydrogen-bond acceptors (Lipinski definition) is 3. The van der Waals surface area contributed by atoms with Gasteiger partial charge in [0.25, 0.3) is 0 Å². The highest BCUT2D eigenvalue weighted by molar-refractivity contribution is 9.10. The minimum Gasteiger partial charge on any atom is -0.480 e. The lowest BCUT2D eigenvalue weighted by atomic mass is 9.72. The van der Waals surface area contributed by atoms with Gasteiger partial charge in [0.15, 0.2) is 5.41 Å². The van der Waals surface area contributed by atoms with Gasteiger partial charge < -0.3 is 9.84 Å². The molecule has 1 unspecified atom stereocenters. The minimum absolute atomic E-state index is 0.0882. The molecule has 0 spiro atoms. The molecular formula is C15H18BrFO4. The van der Waals surface area contributed by atoms with E-state index in [1.807, 2.05) is 0 Å². The Kier molecular flexibility index (Phi) is 5.89. The second kappa shape index (κ2) is 7.02. The first-order valence-electron chi connectivity index (χ1n) is 6.60. The molecule has 1 rings (SSSR count). The van der Waals surface area contributed by atoms with Crippen LogP contribution in [0.5, 0.6) is 0 Å². The van der Waals surface area contributed by atoms with E-state index in [0.29, 0.717) is 5.56 Å². The van der Waals surface area contributed by atoms with E-state index in [0.717, 1.165) is 0 Å². The highest BCUT2D eigenvalue weighted by Crippen LogP contribution is 2.36. The summed E-state index contributed by atoms with van der Waals surface area (Å²) in [6.07, 6.45) is -0.142. The van der Waals surface area contributed by atoms with Crippen molar-refractivity contribution in [3.8, 4) is 0 Å². The number of ether oxygens (including phenoxy) is 1. The molecule has 0 aromatic heterocycles. The Balaban J connectivity index is 3.34. The van der Waals surface area contributed by atoms with Gasteiger partial charge >= 0.3 is 11.9 Å². The maximum Gasteiger partial charge on any atom is 0.324 e. The van der Waals surface area contributed by atoms with E-state index < -0.39 is 29.1 Å². The number of esters is 1. The number of carbonyl (C=O) groups excluding carboxylic acids is 1. The molecule has 0 fully saturated rings. The molecule has 0 aliphatic heterocycles. The Bertz CT molecular complexity index is 544. The summed E-state index contributed by atoms with van der Waals surface area (Å²) in [6.45, 7) is 4.98. The number of halogens is 2. The molecule has 0 amide bonds. The van der Waals surface area contributed by atoms with Crippen molar-refractivity contribution in [2.75, 3.05) is 6.61 Å². The summed E-state index contributed by atoms with van der Waals surface area (Å²) in [5.41, 5.74) is -1.33. The largest absolute Gasteiger partial charge is 0.480 e. The fourth-order valence-electron chi connectivity index (χ4n) is 2.17. The van der Waals surface area contributed by atoms with Crippen LogP contribution in [-0.4, -0.2) is 23.7 Å². The van der Waals surface area contributed by atoms with Gasteiger partial charge in [0.2, 0.25) is 0 Å². The molecule has 0 heterocycles. The number of carboxylic acid groups (broad SMARTS) is 1. The van der Waals surface area contributed by atoms with Crippen molar-refractivity contribution in [2.45, 2.75) is 27.2 Å². The Morgan fingerprint density at radius 3 is 2.52 bits per heavy atom. The zero-order valence-electron chi connectivity index (χ0n) is 12.2. The maximum atomic E-state index is 13.6. The fraction of sp³-hybridized carbons (Fsp3) is 0.467. The fourth-order valence-corrected chi connectivity index (χ4v) is 2.57. The van der Waals surface area contributed by atoms with E-state index >= 15 is 0 Å². The van der Waals surface area contributed by atoms with Crippen LogP contribution in [0, 0.1) is 17.2 Å². The van der Waals surface area contributed by atoms with Crippen LogP contribution in [0.15, 0.2) is 22.7 Å². The van der Waals surface area contributed by atoms with Gasteiger partial charge in [0, 0.05) is 6.42 Å². The third kappa shape index (κ3) is 3.43. The molecule has 4 nitrogen and oxygen atoms in total. The minimum atomic E-state index is -1.74. The molecule has 6 heteroatoms. The van der Waals surface area contributed by atoms with Gasteiger partial charge in [-0.05, 0) is 40.4 Å². The summed E-state index contributed by atoms with van der Waals surface area (Å²) in [4.78, 5) is 24.0. The third-order valence-electron chi connectivity index (χ3n) is 3.51. The van der Waals surface area contributed by atoms with Gasteiger partial charge in [-0.2, -0.15) is 0 Å². The molecule has 0 aliphatic carbocycles. The predicted octanol–water partition coefficient (Wildman–Crippen LogP) is 3.42. The average Bonchev–Trinajstić information content (AvgIpc) is 2.39. The number of rotatable bonds is 6. The zero-order chi connectivity index (χ0) is 16.2. The van der Waals surface area contributed by atoms with Gasteiger partial charge in [0.05, 0.1) is 11.1 Å². The van der Waals surface area contributed by atoms with Crippen molar-refractivity contribution in [1.29, 1.82) is 0 Å². The summed E-state index contributed by atoms with van der Waals surface area (Å²) in [5.74, 6) is -3.08. The van der Waals surface area contributed by atoms with Gasteiger partial charge in [-0.25, -0.2) is 4.39 Å². The van der Waals surface area contributed by atoms with Gasteiger partial charge in [-0.15, -0.1) is 0 Å². The van der Waals surface area contributed by atoms with Gasteiger partial charge in [0.1, 0.15) is 5.82 Å². The molecule has 116 valence electrons. The first-order valence-corrected chi connectivity index (χ1v) is 7.40. The molecule has 1 aromatic carbocycles. The van der Waals surface area contributed by atoms with Crippen LogP contribution >= 0.6 is 15.9 Å². The van der Waals surface area contributed by atoms with E-state index in [1.54, 1.807) is 26.8 Å². The topological polar surface area (TPSA) is 63.6 Å². The summed E-state index contributed by atoms with van der Waals surface area (Å²) >= 11 is 3.10. The number of carboxylic acids is 1. The van der Waals surface area contributed by atoms with Crippen LogP contribution in [0.3, 0.4) is 0 Å². The standard InChI is InChI=1S/C15H18BrFO4/c1-4-21-14(20)15(9(2)3,13(18)19)8-10-6-5-7-11(17)12(10)16/h5-7,9H,4,8H2,1-3H3,(H,18,19). The van der Waals surface area contributed by atoms with E-state index in [9.17, 15) is 19.1 Å². The third-order valence-corrected chi connectivity index (χ3v) is 4.40. The van der Waals surface area contributed by atoms with Crippen molar-refractivity contribution < 1.29 is 23.8 Å². The molecule has 0 aliphatic rings. The molecule has 1 N–H and O–H groups in total. The highest BCUT2D eigenvalue weighted by atomic mass is 79.9. The first kappa shape index (κ1) is 17.6. The average molecular weight is 361 g/mol. The van der Waals surface area contributed by atoms with Crippen LogP contribution in [0.1, 0.15) is 26.3 Å². The summed E-state index contributed by atoms with van der Waals surface area (Å²) in [6, 6.07) is 4.33. The van der Waals surface area contributed by atoms with Crippen molar-refractivity contribution in [2.24, 2.45) is 11.3 Å². The molecule has 1 aromatic rings.